The first kappa shape index (κ1) is 12.7. The zero-order valence-corrected chi connectivity index (χ0v) is 11.5. The zero-order chi connectivity index (χ0) is 12.4. The summed E-state index contributed by atoms with van der Waals surface area (Å²) in [5, 5.41) is 4.45. The lowest BCUT2D eigenvalue weighted by Gasteiger charge is -2.30. The number of hydrogen-bond donors (Lipinski definition) is 1. The lowest BCUT2D eigenvalue weighted by Crippen LogP contribution is -2.31. The Hall–Kier alpha value is -0.730. The number of ether oxygens (including phenoxy) is 1. The van der Waals surface area contributed by atoms with E-state index in [1.807, 2.05) is 12.1 Å². The second-order valence-corrected chi connectivity index (χ2v) is 5.32. The number of hydrogen-bond acceptors (Lipinski definition) is 2. The fraction of sp³-hybridized carbons (Fsp3) is 0.571. The standard InChI is InChI=1S/C14H20ClNO/c1-9(2)16-12-6-4-5-10-13(17-3)8-7-11(15)14(10)12/h7-9,12,16H,4-6H2,1-3H3/t12-/m0/s1. The molecule has 0 fully saturated rings. The van der Waals surface area contributed by atoms with Crippen LogP contribution in [0.3, 0.4) is 0 Å². The van der Waals surface area contributed by atoms with Gasteiger partial charge < -0.3 is 10.1 Å². The Morgan fingerprint density at radius 2 is 2.18 bits per heavy atom. The first-order valence-corrected chi connectivity index (χ1v) is 6.62. The van der Waals surface area contributed by atoms with Gasteiger partial charge in [-0.15, -0.1) is 0 Å². The van der Waals surface area contributed by atoms with Crippen molar-refractivity contribution in [2.45, 2.75) is 45.2 Å². The van der Waals surface area contributed by atoms with Crippen LogP contribution < -0.4 is 10.1 Å². The van der Waals surface area contributed by atoms with Crippen molar-refractivity contribution >= 4 is 11.6 Å². The minimum atomic E-state index is 0.362. The molecule has 1 aromatic carbocycles. The highest BCUT2D eigenvalue weighted by molar-refractivity contribution is 6.31. The van der Waals surface area contributed by atoms with E-state index in [9.17, 15) is 0 Å². The zero-order valence-electron chi connectivity index (χ0n) is 10.7. The third-order valence-corrected chi connectivity index (χ3v) is 3.61. The fourth-order valence-electron chi connectivity index (χ4n) is 2.64. The average Bonchev–Trinajstić information content (AvgIpc) is 2.29. The molecule has 0 unspecified atom stereocenters. The molecular formula is C14H20ClNO. The molecule has 3 heteroatoms. The van der Waals surface area contributed by atoms with Gasteiger partial charge in [-0.05, 0) is 37.0 Å². The van der Waals surface area contributed by atoms with Crippen molar-refractivity contribution in [3.63, 3.8) is 0 Å². The molecule has 0 saturated heterocycles. The molecule has 1 aromatic rings. The van der Waals surface area contributed by atoms with Crippen LogP contribution in [0.2, 0.25) is 5.02 Å². The van der Waals surface area contributed by atoms with Gasteiger partial charge in [0.25, 0.3) is 0 Å². The van der Waals surface area contributed by atoms with Crippen LogP contribution in [0.4, 0.5) is 0 Å². The number of halogens is 1. The van der Waals surface area contributed by atoms with Gasteiger partial charge in [0.05, 0.1) is 7.11 Å². The Kier molecular flexibility index (Phi) is 3.95. The molecule has 0 heterocycles. The van der Waals surface area contributed by atoms with E-state index in [-0.39, 0.29) is 0 Å². The molecule has 0 aromatic heterocycles. The van der Waals surface area contributed by atoms with Gasteiger partial charge in [-0.3, -0.25) is 0 Å². The highest BCUT2D eigenvalue weighted by Gasteiger charge is 2.25. The summed E-state index contributed by atoms with van der Waals surface area (Å²) in [5.41, 5.74) is 2.52. The van der Waals surface area contributed by atoms with Crippen molar-refractivity contribution in [3.05, 3.63) is 28.3 Å². The van der Waals surface area contributed by atoms with Crippen LogP contribution in [0, 0.1) is 0 Å². The van der Waals surface area contributed by atoms with E-state index in [4.69, 9.17) is 16.3 Å². The van der Waals surface area contributed by atoms with Gasteiger partial charge in [0.15, 0.2) is 0 Å². The lowest BCUT2D eigenvalue weighted by atomic mass is 9.86. The second-order valence-electron chi connectivity index (χ2n) is 4.91. The lowest BCUT2D eigenvalue weighted by molar-refractivity contribution is 0.388. The summed E-state index contributed by atoms with van der Waals surface area (Å²) in [6.07, 6.45) is 3.40. The maximum absolute atomic E-state index is 6.35. The normalized spacial score (nSPS) is 19.2. The largest absolute Gasteiger partial charge is 0.496 e. The second kappa shape index (κ2) is 5.28. The Bertz CT molecular complexity index is 403. The summed E-state index contributed by atoms with van der Waals surface area (Å²) < 4.78 is 5.43. The summed E-state index contributed by atoms with van der Waals surface area (Å²) in [4.78, 5) is 0. The molecule has 0 radical (unpaired) electrons. The monoisotopic (exact) mass is 253 g/mol. The van der Waals surface area contributed by atoms with Crippen molar-refractivity contribution in [1.82, 2.24) is 5.32 Å². The molecule has 0 saturated carbocycles. The van der Waals surface area contributed by atoms with Crippen molar-refractivity contribution in [3.8, 4) is 5.75 Å². The highest BCUT2D eigenvalue weighted by Crippen LogP contribution is 2.39. The Morgan fingerprint density at radius 3 is 2.82 bits per heavy atom. The maximum atomic E-state index is 6.35. The number of fused-ring (bicyclic) bond motifs is 1. The molecule has 0 aliphatic heterocycles. The topological polar surface area (TPSA) is 21.3 Å². The third-order valence-electron chi connectivity index (χ3n) is 3.28. The molecule has 2 rings (SSSR count). The summed E-state index contributed by atoms with van der Waals surface area (Å²) in [5.74, 6) is 0.972. The van der Waals surface area contributed by atoms with Crippen molar-refractivity contribution in [2.24, 2.45) is 0 Å². The smallest absolute Gasteiger partial charge is 0.122 e. The van der Waals surface area contributed by atoms with E-state index < -0.39 is 0 Å². The molecule has 0 bridgehead atoms. The van der Waals surface area contributed by atoms with Gasteiger partial charge in [-0.1, -0.05) is 25.4 Å². The quantitative estimate of drug-likeness (QED) is 0.887. The number of methoxy groups -OCH3 is 1. The first-order valence-electron chi connectivity index (χ1n) is 6.24. The van der Waals surface area contributed by atoms with Gasteiger partial charge >= 0.3 is 0 Å². The predicted octanol–water partition coefficient (Wildman–Crippen LogP) is 3.72. The van der Waals surface area contributed by atoms with Crippen LogP contribution in [-0.2, 0) is 6.42 Å². The summed E-state index contributed by atoms with van der Waals surface area (Å²) in [6, 6.07) is 4.74. The van der Waals surface area contributed by atoms with E-state index in [0.29, 0.717) is 12.1 Å². The van der Waals surface area contributed by atoms with Crippen LogP contribution in [0.25, 0.3) is 0 Å². The Labute approximate surface area is 108 Å². The van der Waals surface area contributed by atoms with Gasteiger partial charge in [0.2, 0.25) is 0 Å². The van der Waals surface area contributed by atoms with Gasteiger partial charge in [-0.2, -0.15) is 0 Å². The maximum Gasteiger partial charge on any atom is 0.122 e. The molecular weight excluding hydrogens is 234 g/mol. The molecule has 1 aliphatic carbocycles. The fourth-order valence-corrected chi connectivity index (χ4v) is 2.95. The summed E-state index contributed by atoms with van der Waals surface area (Å²) in [7, 11) is 1.73. The molecule has 17 heavy (non-hydrogen) atoms. The Morgan fingerprint density at radius 1 is 1.41 bits per heavy atom. The summed E-state index contributed by atoms with van der Waals surface area (Å²) >= 11 is 6.35. The van der Waals surface area contributed by atoms with Crippen LogP contribution in [0.5, 0.6) is 5.75 Å². The minimum absolute atomic E-state index is 0.362. The van der Waals surface area contributed by atoms with E-state index in [1.165, 1.54) is 17.5 Å². The molecule has 0 spiro atoms. The molecule has 94 valence electrons. The SMILES string of the molecule is COc1ccc(Cl)c2c1CCC[C@@H]2NC(C)C. The molecule has 2 nitrogen and oxygen atoms in total. The van der Waals surface area contributed by atoms with E-state index in [1.54, 1.807) is 7.11 Å². The van der Waals surface area contributed by atoms with Crippen LogP contribution >= 0.6 is 11.6 Å². The van der Waals surface area contributed by atoms with Crippen LogP contribution in [-0.4, -0.2) is 13.2 Å². The molecule has 0 amide bonds. The first-order chi connectivity index (χ1) is 8.13. The van der Waals surface area contributed by atoms with Gasteiger partial charge in [0.1, 0.15) is 5.75 Å². The van der Waals surface area contributed by atoms with Crippen LogP contribution in [0.15, 0.2) is 12.1 Å². The molecule has 1 aliphatic rings. The summed E-state index contributed by atoms with van der Waals surface area (Å²) in [6.45, 7) is 4.34. The van der Waals surface area contributed by atoms with E-state index >= 15 is 0 Å². The average molecular weight is 254 g/mol. The van der Waals surface area contributed by atoms with Crippen molar-refractivity contribution in [1.29, 1.82) is 0 Å². The molecule has 1 atom stereocenters. The van der Waals surface area contributed by atoms with E-state index in [0.717, 1.165) is 23.6 Å². The highest BCUT2D eigenvalue weighted by atomic mass is 35.5. The predicted molar refractivity (Wildman–Crippen MR) is 72.0 cm³/mol. The van der Waals surface area contributed by atoms with Gasteiger partial charge in [0, 0.05) is 22.7 Å². The molecule has 1 N–H and O–H groups in total. The number of benzene rings is 1. The minimum Gasteiger partial charge on any atom is -0.496 e. The van der Waals surface area contributed by atoms with Crippen molar-refractivity contribution in [2.75, 3.05) is 7.11 Å². The van der Waals surface area contributed by atoms with Gasteiger partial charge in [-0.25, -0.2) is 0 Å². The van der Waals surface area contributed by atoms with Crippen molar-refractivity contribution < 1.29 is 4.74 Å². The number of nitrogens with one attached hydrogen (secondary N) is 1. The van der Waals surface area contributed by atoms with E-state index in [2.05, 4.69) is 19.2 Å². The third kappa shape index (κ3) is 2.58. The Balaban J connectivity index is 2.42. The number of rotatable bonds is 3. The van der Waals surface area contributed by atoms with Crippen LogP contribution in [0.1, 0.15) is 43.9 Å².